The molecule has 0 spiro atoms. The number of rotatable bonds is 4. The zero-order chi connectivity index (χ0) is 14.7. The third-order valence-corrected chi connectivity index (χ3v) is 6.35. The van der Waals surface area contributed by atoms with Crippen molar-refractivity contribution < 1.29 is 9.53 Å². The molecule has 0 radical (unpaired) electrons. The number of carbonyl (C=O) groups excluding carboxylic acids is 1. The molecule has 4 aliphatic carbocycles. The second-order valence-electron chi connectivity index (χ2n) is 7.24. The second-order valence-corrected chi connectivity index (χ2v) is 7.24. The lowest BCUT2D eigenvalue weighted by molar-refractivity contribution is -0.133. The average Bonchev–Trinajstić information content (AvgIpc) is 2.86. The number of hydrogen-bond acceptors (Lipinski definition) is 2. The van der Waals surface area contributed by atoms with Crippen LogP contribution in [0.3, 0.4) is 0 Å². The molecule has 1 amide bonds. The molecule has 0 aliphatic heterocycles. The highest BCUT2D eigenvalue weighted by molar-refractivity contribution is 5.82. The van der Waals surface area contributed by atoms with E-state index in [9.17, 15) is 4.79 Å². The van der Waals surface area contributed by atoms with Gasteiger partial charge in [0.05, 0.1) is 11.5 Å². The Morgan fingerprint density at radius 3 is 2.71 bits per heavy atom. The predicted molar refractivity (Wildman–Crippen MR) is 80.6 cm³/mol. The number of primary amides is 1. The van der Waals surface area contributed by atoms with Crippen LogP contribution in [-0.4, -0.2) is 18.6 Å². The maximum Gasteiger partial charge on any atom is 0.223 e. The first-order valence-corrected chi connectivity index (χ1v) is 8.08. The van der Waals surface area contributed by atoms with Gasteiger partial charge in [0.2, 0.25) is 5.91 Å². The summed E-state index contributed by atoms with van der Waals surface area (Å²) in [5.41, 5.74) is 7.01. The molecule has 112 valence electrons. The fourth-order valence-electron chi connectivity index (χ4n) is 5.77. The van der Waals surface area contributed by atoms with E-state index in [1.807, 2.05) is 0 Å². The van der Waals surface area contributed by atoms with Gasteiger partial charge in [-0.2, -0.15) is 0 Å². The molecular formula is C18H23NO2. The SMILES string of the molecule is CCOC1C2CC3(C(N)=O)CC1C(c1ccccc1)(C2)C3. The summed E-state index contributed by atoms with van der Waals surface area (Å²) in [7, 11) is 0. The fourth-order valence-corrected chi connectivity index (χ4v) is 5.77. The largest absolute Gasteiger partial charge is 0.378 e. The van der Waals surface area contributed by atoms with Crippen molar-refractivity contribution in [1.82, 2.24) is 0 Å². The molecule has 5 rings (SSSR count). The molecule has 4 bridgehead atoms. The summed E-state index contributed by atoms with van der Waals surface area (Å²) in [6.45, 7) is 2.82. The zero-order valence-corrected chi connectivity index (χ0v) is 12.5. The smallest absolute Gasteiger partial charge is 0.223 e. The minimum absolute atomic E-state index is 0.0926. The Balaban J connectivity index is 1.80. The van der Waals surface area contributed by atoms with Gasteiger partial charge in [0.15, 0.2) is 0 Å². The van der Waals surface area contributed by atoms with Crippen molar-refractivity contribution in [3.05, 3.63) is 35.9 Å². The van der Waals surface area contributed by atoms with Crippen LogP contribution in [0.25, 0.3) is 0 Å². The first kappa shape index (κ1) is 13.3. The van der Waals surface area contributed by atoms with Gasteiger partial charge in [-0.15, -0.1) is 0 Å². The maximum absolute atomic E-state index is 12.1. The number of nitrogens with two attached hydrogens (primary N) is 1. The summed E-state index contributed by atoms with van der Waals surface area (Å²) in [4.78, 5) is 12.1. The lowest BCUT2D eigenvalue weighted by Crippen LogP contribution is -2.44. The second kappa shape index (κ2) is 4.33. The van der Waals surface area contributed by atoms with Crippen LogP contribution in [0.2, 0.25) is 0 Å². The van der Waals surface area contributed by atoms with Gasteiger partial charge in [0.1, 0.15) is 0 Å². The number of carbonyl (C=O) groups is 1. The van der Waals surface area contributed by atoms with E-state index in [0.29, 0.717) is 17.9 Å². The van der Waals surface area contributed by atoms with Crippen LogP contribution in [0, 0.1) is 17.3 Å². The van der Waals surface area contributed by atoms with E-state index < -0.39 is 0 Å². The average molecular weight is 285 g/mol. The Kier molecular flexibility index (Phi) is 2.74. The van der Waals surface area contributed by atoms with E-state index in [1.165, 1.54) is 5.56 Å². The highest BCUT2D eigenvalue weighted by Gasteiger charge is 2.70. The van der Waals surface area contributed by atoms with Crippen molar-refractivity contribution in [2.24, 2.45) is 23.0 Å². The Morgan fingerprint density at radius 1 is 1.29 bits per heavy atom. The molecule has 1 aromatic rings. The monoisotopic (exact) mass is 285 g/mol. The van der Waals surface area contributed by atoms with Crippen molar-refractivity contribution in [2.75, 3.05) is 6.61 Å². The molecule has 4 saturated carbocycles. The van der Waals surface area contributed by atoms with Gasteiger partial charge in [-0.25, -0.2) is 0 Å². The van der Waals surface area contributed by atoms with Gasteiger partial charge in [-0.1, -0.05) is 30.3 Å². The summed E-state index contributed by atoms with van der Waals surface area (Å²) >= 11 is 0. The van der Waals surface area contributed by atoms with E-state index in [0.717, 1.165) is 32.3 Å². The van der Waals surface area contributed by atoms with Gasteiger partial charge >= 0.3 is 0 Å². The van der Waals surface area contributed by atoms with E-state index in [-0.39, 0.29) is 16.7 Å². The lowest BCUT2D eigenvalue weighted by Gasteiger charge is -2.40. The molecular weight excluding hydrogens is 262 g/mol. The maximum atomic E-state index is 12.1. The fraction of sp³-hybridized carbons (Fsp3) is 0.611. The molecule has 21 heavy (non-hydrogen) atoms. The van der Waals surface area contributed by atoms with Crippen molar-refractivity contribution in [2.45, 2.75) is 44.1 Å². The highest BCUT2D eigenvalue weighted by atomic mass is 16.5. The standard InChI is InChI=1S/C18H23NO2/c1-2-21-15-12-8-17(16(19)20)10-14(15)18(9-12,11-17)13-6-4-3-5-7-13/h3-7,12,14-15H,2,8-11H2,1H3,(H2,19,20). The van der Waals surface area contributed by atoms with E-state index in [2.05, 4.69) is 37.3 Å². The van der Waals surface area contributed by atoms with Crippen LogP contribution in [0.1, 0.15) is 38.2 Å². The van der Waals surface area contributed by atoms with Crippen LogP contribution in [0.4, 0.5) is 0 Å². The summed E-state index contributed by atoms with van der Waals surface area (Å²) in [6.07, 6.45) is 4.23. The van der Waals surface area contributed by atoms with Crippen molar-refractivity contribution in [1.29, 1.82) is 0 Å². The summed E-state index contributed by atoms with van der Waals surface area (Å²) in [5, 5.41) is 0. The van der Waals surface area contributed by atoms with Crippen LogP contribution in [0.15, 0.2) is 30.3 Å². The van der Waals surface area contributed by atoms with Crippen molar-refractivity contribution >= 4 is 5.91 Å². The predicted octanol–water partition coefficient (Wildman–Crippen LogP) is 2.63. The minimum atomic E-state index is -0.281. The Hall–Kier alpha value is -1.35. The van der Waals surface area contributed by atoms with Crippen LogP contribution < -0.4 is 5.73 Å². The Labute approximate surface area is 125 Å². The molecule has 0 aromatic heterocycles. The number of ether oxygens (including phenoxy) is 1. The highest BCUT2D eigenvalue weighted by Crippen LogP contribution is 2.71. The third-order valence-electron chi connectivity index (χ3n) is 6.35. The van der Waals surface area contributed by atoms with Gasteiger partial charge < -0.3 is 10.5 Å². The van der Waals surface area contributed by atoms with Gasteiger partial charge in [0, 0.05) is 12.0 Å². The molecule has 0 heterocycles. The van der Waals surface area contributed by atoms with Crippen LogP contribution in [-0.2, 0) is 14.9 Å². The molecule has 3 heteroatoms. The summed E-state index contributed by atoms with van der Waals surface area (Å²) < 4.78 is 6.09. The number of hydrogen-bond donors (Lipinski definition) is 1. The zero-order valence-electron chi connectivity index (χ0n) is 12.5. The van der Waals surface area contributed by atoms with Crippen LogP contribution >= 0.6 is 0 Å². The first-order chi connectivity index (χ1) is 10.1. The minimum Gasteiger partial charge on any atom is -0.378 e. The topological polar surface area (TPSA) is 52.3 Å². The third kappa shape index (κ3) is 1.61. The molecule has 4 aliphatic rings. The van der Waals surface area contributed by atoms with Crippen LogP contribution in [0.5, 0.6) is 0 Å². The van der Waals surface area contributed by atoms with E-state index in [4.69, 9.17) is 10.5 Å². The van der Waals surface area contributed by atoms with Gasteiger partial charge in [-0.3, -0.25) is 4.79 Å². The van der Waals surface area contributed by atoms with Gasteiger partial charge in [0.25, 0.3) is 0 Å². The molecule has 0 saturated heterocycles. The molecule has 3 nitrogen and oxygen atoms in total. The normalized spacial score (nSPS) is 43.4. The molecule has 5 atom stereocenters. The Bertz CT molecular complexity index is 572. The number of amides is 1. The Morgan fingerprint density at radius 2 is 2.05 bits per heavy atom. The van der Waals surface area contributed by atoms with Crippen molar-refractivity contribution in [3.63, 3.8) is 0 Å². The summed E-state index contributed by atoms with van der Waals surface area (Å²) in [6, 6.07) is 10.7. The van der Waals surface area contributed by atoms with E-state index >= 15 is 0 Å². The van der Waals surface area contributed by atoms with Gasteiger partial charge in [-0.05, 0) is 50.0 Å². The molecule has 5 unspecified atom stereocenters. The lowest BCUT2D eigenvalue weighted by atomic mass is 9.64. The number of benzene rings is 1. The van der Waals surface area contributed by atoms with Crippen molar-refractivity contribution in [3.8, 4) is 0 Å². The molecule has 2 N–H and O–H groups in total. The quantitative estimate of drug-likeness (QED) is 0.924. The molecule has 1 aromatic carbocycles. The van der Waals surface area contributed by atoms with E-state index in [1.54, 1.807) is 0 Å². The first-order valence-electron chi connectivity index (χ1n) is 8.08. The summed E-state index contributed by atoms with van der Waals surface area (Å²) in [5.74, 6) is 0.848. The molecule has 4 fully saturated rings.